The molecule has 17 heavy (non-hydrogen) atoms. The van der Waals surface area contributed by atoms with E-state index in [2.05, 4.69) is 10.2 Å². The molecule has 1 aliphatic heterocycles. The van der Waals surface area contributed by atoms with Crippen molar-refractivity contribution in [3.8, 4) is 0 Å². The lowest BCUT2D eigenvalue weighted by molar-refractivity contribution is 0.0391. The van der Waals surface area contributed by atoms with Crippen LogP contribution in [0.1, 0.15) is 12.5 Å². The first-order valence-electron chi connectivity index (χ1n) is 5.39. The summed E-state index contributed by atoms with van der Waals surface area (Å²) in [6.45, 7) is 3.13. The number of nitrogens with one attached hydrogen (secondary N) is 1. The van der Waals surface area contributed by atoms with Crippen LogP contribution in [-0.2, 0) is 21.3 Å². The number of aromatic nitrogens is 2. The number of rotatable bonds is 3. The van der Waals surface area contributed by atoms with E-state index in [0.29, 0.717) is 25.3 Å². The van der Waals surface area contributed by atoms with Crippen LogP contribution in [0.5, 0.6) is 0 Å². The van der Waals surface area contributed by atoms with Crippen molar-refractivity contribution < 1.29 is 13.2 Å². The standard InChI is InChI=1S/C9H16N4O3S/c1-7-6-16-3-2-13(7)17(14,15)9-8(4-10)5-11-12-9/h5,7H,2-4,6,10H2,1H3,(H,11,12). The van der Waals surface area contributed by atoms with E-state index >= 15 is 0 Å². The van der Waals surface area contributed by atoms with Crippen molar-refractivity contribution in [1.29, 1.82) is 0 Å². The van der Waals surface area contributed by atoms with Crippen LogP contribution in [-0.4, -0.2) is 48.7 Å². The second-order valence-corrected chi connectivity index (χ2v) is 5.80. The van der Waals surface area contributed by atoms with Crippen molar-refractivity contribution in [2.45, 2.75) is 24.5 Å². The van der Waals surface area contributed by atoms with Crippen LogP contribution in [0.25, 0.3) is 0 Å². The molecule has 2 heterocycles. The molecule has 2 rings (SSSR count). The molecule has 0 spiro atoms. The van der Waals surface area contributed by atoms with Crippen molar-refractivity contribution in [3.63, 3.8) is 0 Å². The summed E-state index contributed by atoms with van der Waals surface area (Å²) in [5.41, 5.74) is 5.99. The third-order valence-corrected chi connectivity index (χ3v) is 4.80. The summed E-state index contributed by atoms with van der Waals surface area (Å²) in [5.74, 6) is 0. The normalized spacial score (nSPS) is 22.8. The van der Waals surface area contributed by atoms with E-state index in [1.165, 1.54) is 10.5 Å². The molecule has 96 valence electrons. The predicted octanol–water partition coefficient (Wildman–Crippen LogP) is -0.722. The maximum Gasteiger partial charge on any atom is 0.260 e. The molecule has 0 radical (unpaired) electrons. The molecule has 0 aromatic carbocycles. The van der Waals surface area contributed by atoms with Crippen LogP contribution in [0.2, 0.25) is 0 Å². The number of sulfonamides is 1. The largest absolute Gasteiger partial charge is 0.378 e. The molecule has 0 saturated carbocycles. The lowest BCUT2D eigenvalue weighted by Crippen LogP contribution is -2.47. The van der Waals surface area contributed by atoms with Gasteiger partial charge in [0.15, 0.2) is 5.03 Å². The fourth-order valence-electron chi connectivity index (χ4n) is 1.85. The lowest BCUT2D eigenvalue weighted by atomic mass is 10.3. The topological polar surface area (TPSA) is 101 Å². The van der Waals surface area contributed by atoms with Crippen LogP contribution in [0.3, 0.4) is 0 Å². The highest BCUT2D eigenvalue weighted by atomic mass is 32.2. The molecule has 1 saturated heterocycles. The highest BCUT2D eigenvalue weighted by molar-refractivity contribution is 7.89. The summed E-state index contributed by atoms with van der Waals surface area (Å²) in [4.78, 5) is 0. The van der Waals surface area contributed by atoms with E-state index in [1.807, 2.05) is 6.92 Å². The van der Waals surface area contributed by atoms with Gasteiger partial charge in [-0.15, -0.1) is 0 Å². The van der Waals surface area contributed by atoms with Gasteiger partial charge in [0.2, 0.25) is 0 Å². The number of hydrogen-bond donors (Lipinski definition) is 2. The monoisotopic (exact) mass is 260 g/mol. The summed E-state index contributed by atoms with van der Waals surface area (Å²) >= 11 is 0. The molecule has 1 aliphatic rings. The Balaban J connectivity index is 2.35. The van der Waals surface area contributed by atoms with Gasteiger partial charge in [0.25, 0.3) is 10.0 Å². The van der Waals surface area contributed by atoms with E-state index in [0.717, 1.165) is 0 Å². The first kappa shape index (κ1) is 12.5. The van der Waals surface area contributed by atoms with Crippen molar-refractivity contribution >= 4 is 10.0 Å². The van der Waals surface area contributed by atoms with Gasteiger partial charge in [-0.25, -0.2) is 8.42 Å². The first-order chi connectivity index (χ1) is 8.07. The van der Waals surface area contributed by atoms with Gasteiger partial charge in [-0.1, -0.05) is 0 Å². The Bertz CT molecular complexity index is 484. The highest BCUT2D eigenvalue weighted by Crippen LogP contribution is 2.21. The summed E-state index contributed by atoms with van der Waals surface area (Å²) < 4.78 is 31.4. The zero-order valence-corrected chi connectivity index (χ0v) is 10.4. The molecule has 1 aromatic heterocycles. The fourth-order valence-corrected chi connectivity index (χ4v) is 3.57. The molecule has 0 amide bonds. The van der Waals surface area contributed by atoms with Crippen LogP contribution in [0.15, 0.2) is 11.2 Å². The number of aromatic amines is 1. The number of ether oxygens (including phenoxy) is 1. The van der Waals surface area contributed by atoms with E-state index in [-0.39, 0.29) is 17.6 Å². The Labute approximate surface area is 100.0 Å². The number of nitrogens with zero attached hydrogens (tertiary/aromatic N) is 2. The molecule has 0 aliphatic carbocycles. The van der Waals surface area contributed by atoms with Crippen LogP contribution in [0, 0.1) is 0 Å². The number of hydrogen-bond acceptors (Lipinski definition) is 5. The second-order valence-electron chi connectivity index (χ2n) is 3.97. The van der Waals surface area contributed by atoms with Gasteiger partial charge in [0, 0.05) is 24.7 Å². The third-order valence-electron chi connectivity index (χ3n) is 2.77. The number of nitrogens with two attached hydrogens (primary N) is 1. The SMILES string of the molecule is CC1COCCN1S(=O)(=O)c1[nH]ncc1CN. The minimum Gasteiger partial charge on any atom is -0.378 e. The van der Waals surface area contributed by atoms with Crippen LogP contribution >= 0.6 is 0 Å². The molecule has 1 fully saturated rings. The average Bonchev–Trinajstić information content (AvgIpc) is 2.78. The maximum atomic E-state index is 12.4. The zero-order chi connectivity index (χ0) is 12.5. The van der Waals surface area contributed by atoms with Crippen molar-refractivity contribution in [2.75, 3.05) is 19.8 Å². The van der Waals surface area contributed by atoms with Gasteiger partial charge in [0.05, 0.1) is 19.4 Å². The molecule has 1 unspecified atom stereocenters. The summed E-state index contributed by atoms with van der Waals surface area (Å²) in [6.07, 6.45) is 1.44. The van der Waals surface area contributed by atoms with Gasteiger partial charge in [0.1, 0.15) is 0 Å². The van der Waals surface area contributed by atoms with Gasteiger partial charge >= 0.3 is 0 Å². The van der Waals surface area contributed by atoms with Crippen molar-refractivity contribution in [1.82, 2.24) is 14.5 Å². The Morgan fingerprint density at radius 1 is 1.71 bits per heavy atom. The Morgan fingerprint density at radius 3 is 3.12 bits per heavy atom. The Kier molecular flexibility index (Phi) is 3.48. The van der Waals surface area contributed by atoms with Crippen LogP contribution in [0.4, 0.5) is 0 Å². The third kappa shape index (κ3) is 2.21. The minimum atomic E-state index is -3.56. The van der Waals surface area contributed by atoms with E-state index in [4.69, 9.17) is 10.5 Å². The van der Waals surface area contributed by atoms with Gasteiger partial charge in [-0.3, -0.25) is 5.10 Å². The summed E-state index contributed by atoms with van der Waals surface area (Å²) in [6, 6.07) is -0.178. The second kappa shape index (κ2) is 4.73. The van der Waals surface area contributed by atoms with E-state index in [9.17, 15) is 8.42 Å². The molecule has 1 aromatic rings. The lowest BCUT2D eigenvalue weighted by Gasteiger charge is -2.31. The predicted molar refractivity (Wildman–Crippen MR) is 60.7 cm³/mol. The van der Waals surface area contributed by atoms with Crippen molar-refractivity contribution in [2.24, 2.45) is 5.73 Å². The van der Waals surface area contributed by atoms with E-state index < -0.39 is 10.0 Å². The fraction of sp³-hybridized carbons (Fsp3) is 0.667. The molecular formula is C9H16N4O3S. The molecular weight excluding hydrogens is 244 g/mol. The zero-order valence-electron chi connectivity index (χ0n) is 9.59. The smallest absolute Gasteiger partial charge is 0.260 e. The molecule has 0 bridgehead atoms. The molecule has 1 atom stereocenters. The highest BCUT2D eigenvalue weighted by Gasteiger charge is 2.33. The molecule has 8 heteroatoms. The van der Waals surface area contributed by atoms with E-state index in [1.54, 1.807) is 0 Å². The number of morpholine rings is 1. The summed E-state index contributed by atoms with van der Waals surface area (Å²) in [5, 5.41) is 6.34. The number of H-pyrrole nitrogens is 1. The summed E-state index contributed by atoms with van der Waals surface area (Å²) in [7, 11) is -3.56. The quantitative estimate of drug-likeness (QED) is 0.746. The van der Waals surface area contributed by atoms with Gasteiger partial charge in [-0.05, 0) is 6.92 Å². The van der Waals surface area contributed by atoms with Gasteiger partial charge < -0.3 is 10.5 Å². The van der Waals surface area contributed by atoms with Crippen LogP contribution < -0.4 is 5.73 Å². The Morgan fingerprint density at radius 2 is 2.47 bits per heavy atom. The molecule has 7 nitrogen and oxygen atoms in total. The minimum absolute atomic E-state index is 0.0914. The molecule has 3 N–H and O–H groups in total. The Hall–Kier alpha value is -0.960. The van der Waals surface area contributed by atoms with Gasteiger partial charge in [-0.2, -0.15) is 9.40 Å². The van der Waals surface area contributed by atoms with Crippen molar-refractivity contribution in [3.05, 3.63) is 11.8 Å². The maximum absolute atomic E-state index is 12.4. The average molecular weight is 260 g/mol. The first-order valence-corrected chi connectivity index (χ1v) is 6.83.